The Morgan fingerprint density at radius 3 is 3.00 bits per heavy atom. The maximum Gasteiger partial charge on any atom is 0.278 e. The molecule has 0 radical (unpaired) electrons. The van der Waals surface area contributed by atoms with Gasteiger partial charge in [0.25, 0.3) is 5.56 Å². The number of nitrogens with one attached hydrogen (secondary N) is 3. The molecule has 10 nitrogen and oxygen atoms in total. The van der Waals surface area contributed by atoms with E-state index in [9.17, 15) is 4.79 Å². The summed E-state index contributed by atoms with van der Waals surface area (Å²) in [7, 11) is 1.84. The van der Waals surface area contributed by atoms with Crippen LogP contribution in [0.25, 0.3) is 33.1 Å². The van der Waals surface area contributed by atoms with Gasteiger partial charge in [-0.15, -0.1) is 0 Å². The SMILES string of the molecule is Cn1c(N)nc2c3cccnc3c(Nc3nc4nc[nH]c4c(=O)[nH]3)cc21. The van der Waals surface area contributed by atoms with Gasteiger partial charge >= 0.3 is 0 Å². The fourth-order valence-corrected chi connectivity index (χ4v) is 3.03. The highest BCUT2D eigenvalue weighted by Crippen LogP contribution is 2.32. The molecule has 0 unspecified atom stereocenters. The maximum atomic E-state index is 12.1. The molecule has 0 atom stereocenters. The molecule has 0 fully saturated rings. The predicted octanol–water partition coefficient (Wildman–Crippen LogP) is 1.41. The van der Waals surface area contributed by atoms with Gasteiger partial charge in [0.2, 0.25) is 11.9 Å². The highest BCUT2D eigenvalue weighted by molar-refractivity contribution is 6.09. The normalized spacial score (nSPS) is 11.6. The molecule has 0 spiro atoms. The molecule has 5 N–H and O–H groups in total. The molecule has 0 saturated carbocycles. The van der Waals surface area contributed by atoms with Crippen LogP contribution in [-0.2, 0) is 7.05 Å². The number of pyridine rings is 1. The van der Waals surface area contributed by atoms with E-state index in [-0.39, 0.29) is 11.5 Å². The summed E-state index contributed by atoms with van der Waals surface area (Å²) in [6.07, 6.45) is 3.12. The number of H-pyrrole nitrogens is 2. The summed E-state index contributed by atoms with van der Waals surface area (Å²) in [5.41, 5.74) is 9.29. The number of benzene rings is 1. The van der Waals surface area contributed by atoms with E-state index in [1.54, 1.807) is 10.8 Å². The predicted molar refractivity (Wildman–Crippen MR) is 98.2 cm³/mol. The lowest BCUT2D eigenvalue weighted by molar-refractivity contribution is 0.965. The third-order valence-electron chi connectivity index (χ3n) is 4.32. The van der Waals surface area contributed by atoms with Gasteiger partial charge in [0.1, 0.15) is 5.52 Å². The lowest BCUT2D eigenvalue weighted by Crippen LogP contribution is -2.11. The summed E-state index contributed by atoms with van der Waals surface area (Å²) >= 11 is 0. The lowest BCUT2D eigenvalue weighted by Gasteiger charge is -2.09. The Bertz CT molecular complexity index is 1360. The molecule has 128 valence electrons. The second kappa shape index (κ2) is 5.02. The first-order valence-electron chi connectivity index (χ1n) is 7.82. The van der Waals surface area contributed by atoms with Gasteiger partial charge in [-0.1, -0.05) is 0 Å². The zero-order chi connectivity index (χ0) is 17.8. The Hall–Kier alpha value is -3.95. The standard InChI is InChI=1S/C16H13N9O/c1-25-9-5-8(10-7(3-2-4-18-10)11(9)22-15(25)17)21-16-23-13-12(14(26)24-16)19-6-20-13/h2-6H,1H3,(H2,17,22)(H3,19,20,21,23,24,26). The van der Waals surface area contributed by atoms with Crippen molar-refractivity contribution in [2.75, 3.05) is 11.1 Å². The highest BCUT2D eigenvalue weighted by Gasteiger charge is 2.14. The first-order chi connectivity index (χ1) is 12.6. The summed E-state index contributed by atoms with van der Waals surface area (Å²) in [6, 6.07) is 5.64. The van der Waals surface area contributed by atoms with Gasteiger partial charge in [-0.2, -0.15) is 4.98 Å². The van der Waals surface area contributed by atoms with Crippen LogP contribution in [-0.4, -0.2) is 34.5 Å². The van der Waals surface area contributed by atoms with Crippen molar-refractivity contribution in [2.45, 2.75) is 0 Å². The zero-order valence-corrected chi connectivity index (χ0v) is 13.6. The quantitative estimate of drug-likeness (QED) is 0.378. The van der Waals surface area contributed by atoms with Gasteiger partial charge in [0.15, 0.2) is 11.2 Å². The number of aromatic amines is 2. The average Bonchev–Trinajstić information content (AvgIpc) is 3.22. The Balaban J connectivity index is 1.76. The summed E-state index contributed by atoms with van der Waals surface area (Å²) in [5, 5.41) is 3.98. The number of aryl methyl sites for hydroxylation is 1. The molecule has 0 saturated heterocycles. The van der Waals surface area contributed by atoms with Crippen LogP contribution in [0.3, 0.4) is 0 Å². The maximum absolute atomic E-state index is 12.1. The van der Waals surface area contributed by atoms with Crippen LogP contribution in [0, 0.1) is 0 Å². The molecule has 1 aromatic carbocycles. The summed E-state index contributed by atoms with van der Waals surface area (Å²) < 4.78 is 1.79. The number of fused-ring (bicyclic) bond motifs is 4. The number of nitrogen functional groups attached to an aromatic ring is 1. The van der Waals surface area contributed by atoms with Crippen molar-refractivity contribution < 1.29 is 0 Å². The average molecular weight is 347 g/mol. The highest BCUT2D eigenvalue weighted by atomic mass is 16.1. The van der Waals surface area contributed by atoms with Crippen molar-refractivity contribution >= 4 is 50.7 Å². The van der Waals surface area contributed by atoms with Crippen LogP contribution < -0.4 is 16.6 Å². The number of nitrogens with zero attached hydrogens (tertiary/aromatic N) is 5. The Morgan fingerprint density at radius 1 is 1.23 bits per heavy atom. The van der Waals surface area contributed by atoms with Gasteiger partial charge in [-0.05, 0) is 18.2 Å². The molecule has 4 aromatic heterocycles. The van der Waals surface area contributed by atoms with E-state index in [0.29, 0.717) is 28.3 Å². The Kier molecular flexibility index (Phi) is 2.78. The van der Waals surface area contributed by atoms with Gasteiger partial charge in [-0.25, -0.2) is 9.97 Å². The third-order valence-corrected chi connectivity index (χ3v) is 4.32. The van der Waals surface area contributed by atoms with E-state index in [1.165, 1.54) is 6.33 Å². The van der Waals surface area contributed by atoms with Crippen molar-refractivity contribution in [3.63, 3.8) is 0 Å². The van der Waals surface area contributed by atoms with E-state index in [2.05, 4.69) is 35.2 Å². The Morgan fingerprint density at radius 2 is 2.12 bits per heavy atom. The van der Waals surface area contributed by atoms with Gasteiger partial charge in [-0.3, -0.25) is 14.8 Å². The fraction of sp³-hybridized carbons (Fsp3) is 0.0625. The van der Waals surface area contributed by atoms with Crippen LogP contribution in [0.1, 0.15) is 0 Å². The molecule has 0 aliphatic heterocycles. The first-order valence-corrected chi connectivity index (χ1v) is 7.82. The van der Waals surface area contributed by atoms with E-state index >= 15 is 0 Å². The monoisotopic (exact) mass is 347 g/mol. The van der Waals surface area contributed by atoms with Crippen LogP contribution in [0.4, 0.5) is 17.6 Å². The van der Waals surface area contributed by atoms with Crippen LogP contribution in [0.2, 0.25) is 0 Å². The molecule has 5 aromatic rings. The van der Waals surface area contributed by atoms with E-state index in [0.717, 1.165) is 16.4 Å². The number of aromatic nitrogens is 7. The summed E-state index contributed by atoms with van der Waals surface area (Å²) in [6.45, 7) is 0. The van der Waals surface area contributed by atoms with Crippen LogP contribution >= 0.6 is 0 Å². The minimum atomic E-state index is -0.307. The van der Waals surface area contributed by atoms with Crippen LogP contribution in [0.5, 0.6) is 0 Å². The first kappa shape index (κ1) is 14.4. The molecule has 10 heteroatoms. The summed E-state index contributed by atoms with van der Waals surface area (Å²) in [4.78, 5) is 34.8. The number of hydrogen-bond donors (Lipinski definition) is 4. The van der Waals surface area contributed by atoms with Gasteiger partial charge < -0.3 is 20.6 Å². The second-order valence-electron chi connectivity index (χ2n) is 5.86. The minimum Gasteiger partial charge on any atom is -0.369 e. The van der Waals surface area contributed by atoms with Crippen molar-refractivity contribution in [3.8, 4) is 0 Å². The van der Waals surface area contributed by atoms with E-state index in [4.69, 9.17) is 5.73 Å². The molecule has 26 heavy (non-hydrogen) atoms. The molecule has 4 heterocycles. The number of nitrogens with two attached hydrogens (primary N) is 1. The zero-order valence-electron chi connectivity index (χ0n) is 13.6. The largest absolute Gasteiger partial charge is 0.369 e. The number of rotatable bonds is 2. The van der Waals surface area contributed by atoms with Gasteiger partial charge in [0, 0.05) is 18.6 Å². The van der Waals surface area contributed by atoms with Crippen molar-refractivity contribution in [1.29, 1.82) is 0 Å². The molecule has 0 amide bonds. The molecular weight excluding hydrogens is 334 g/mol. The minimum absolute atomic E-state index is 0.274. The molecule has 0 bridgehead atoms. The van der Waals surface area contributed by atoms with Gasteiger partial charge in [0.05, 0.1) is 23.0 Å². The number of anilines is 3. The number of imidazole rings is 2. The lowest BCUT2D eigenvalue weighted by atomic mass is 10.1. The summed E-state index contributed by atoms with van der Waals surface area (Å²) in [5.74, 6) is 0.683. The van der Waals surface area contributed by atoms with Crippen molar-refractivity contribution in [2.24, 2.45) is 7.05 Å². The molecule has 0 aliphatic rings. The molecule has 5 rings (SSSR count). The van der Waals surface area contributed by atoms with Crippen LogP contribution in [0.15, 0.2) is 35.5 Å². The third kappa shape index (κ3) is 1.95. The number of hydrogen-bond acceptors (Lipinski definition) is 7. The van der Waals surface area contributed by atoms with Crippen molar-refractivity contribution in [1.82, 2.24) is 34.5 Å². The van der Waals surface area contributed by atoms with E-state index < -0.39 is 0 Å². The van der Waals surface area contributed by atoms with Crippen molar-refractivity contribution in [3.05, 3.63) is 41.1 Å². The van der Waals surface area contributed by atoms with E-state index in [1.807, 2.05) is 25.2 Å². The topological polar surface area (TPSA) is 143 Å². The smallest absolute Gasteiger partial charge is 0.278 e. The Labute approximate surface area is 145 Å². The fourth-order valence-electron chi connectivity index (χ4n) is 3.03. The molecule has 0 aliphatic carbocycles. The molecular formula is C16H13N9O. The second-order valence-corrected chi connectivity index (χ2v) is 5.86.